The van der Waals surface area contributed by atoms with Crippen molar-refractivity contribution in [3.63, 3.8) is 0 Å². The summed E-state index contributed by atoms with van der Waals surface area (Å²) in [6.45, 7) is 11.1. The summed E-state index contributed by atoms with van der Waals surface area (Å²) in [5.74, 6) is -0.0815. The maximum atomic E-state index is 14.7. The lowest BCUT2D eigenvalue weighted by atomic mass is 10.1. The van der Waals surface area contributed by atoms with Crippen molar-refractivity contribution in [1.82, 2.24) is 19.5 Å². The van der Waals surface area contributed by atoms with Gasteiger partial charge < -0.3 is 25.3 Å². The number of aromatic nitrogens is 4. The van der Waals surface area contributed by atoms with Gasteiger partial charge in [0.25, 0.3) is 0 Å². The number of imidazole rings is 1. The van der Waals surface area contributed by atoms with Gasteiger partial charge in [-0.2, -0.15) is 0 Å². The van der Waals surface area contributed by atoms with Crippen LogP contribution in [0.1, 0.15) is 72.7 Å². The lowest BCUT2D eigenvalue weighted by Gasteiger charge is -2.21. The molecule has 2 unspecified atom stereocenters. The topological polar surface area (TPSA) is 119 Å². The summed E-state index contributed by atoms with van der Waals surface area (Å²) < 4.78 is 22.0. The van der Waals surface area contributed by atoms with Crippen LogP contribution in [-0.2, 0) is 10.3 Å². The molecule has 4 rings (SSSR count). The quantitative estimate of drug-likeness (QED) is 0.444. The summed E-state index contributed by atoms with van der Waals surface area (Å²) in [6, 6.07) is 3.02. The number of hydrogen-bond donors (Lipinski definition) is 3. The zero-order chi connectivity index (χ0) is 26.1. The smallest absolute Gasteiger partial charge is 0.220 e. The van der Waals surface area contributed by atoms with Crippen LogP contribution in [0.4, 0.5) is 10.3 Å². The molecule has 1 aliphatic rings. The highest BCUT2D eigenvalue weighted by Crippen LogP contribution is 2.34. The molecule has 8 nitrogen and oxygen atoms in total. The van der Waals surface area contributed by atoms with Gasteiger partial charge in [0.2, 0.25) is 5.95 Å². The van der Waals surface area contributed by atoms with E-state index in [1.165, 1.54) is 12.3 Å². The summed E-state index contributed by atoms with van der Waals surface area (Å²) >= 11 is 6.15. The maximum Gasteiger partial charge on any atom is 0.220 e. The van der Waals surface area contributed by atoms with E-state index >= 15 is 0 Å². The number of aliphatic hydroxyl groups is 2. The van der Waals surface area contributed by atoms with Gasteiger partial charge in [0.1, 0.15) is 16.9 Å². The fourth-order valence-electron chi connectivity index (χ4n) is 4.24. The minimum atomic E-state index is -1.22. The highest BCUT2D eigenvalue weighted by atomic mass is 35.5. The van der Waals surface area contributed by atoms with E-state index in [-0.39, 0.29) is 40.8 Å². The molecule has 10 heteroatoms. The van der Waals surface area contributed by atoms with E-state index in [1.807, 2.05) is 27.7 Å². The first kappa shape index (κ1) is 27.3. The Hall–Kier alpha value is -2.33. The van der Waals surface area contributed by atoms with Gasteiger partial charge in [-0.15, -0.1) is 0 Å². The van der Waals surface area contributed by atoms with Crippen molar-refractivity contribution in [3.05, 3.63) is 35.0 Å². The van der Waals surface area contributed by atoms with Crippen LogP contribution < -0.4 is 5.73 Å². The van der Waals surface area contributed by atoms with Crippen molar-refractivity contribution >= 4 is 28.6 Å². The number of rotatable bonds is 5. The third kappa shape index (κ3) is 6.27. The van der Waals surface area contributed by atoms with Crippen LogP contribution in [0.5, 0.6) is 0 Å². The first-order valence-electron chi connectivity index (χ1n) is 11.9. The highest BCUT2D eigenvalue weighted by molar-refractivity contribution is 6.33. The average Bonchev–Trinajstić information content (AvgIpc) is 3.34. The molecule has 192 valence electrons. The predicted molar refractivity (Wildman–Crippen MR) is 136 cm³/mol. The molecule has 1 aliphatic carbocycles. The molecule has 1 fully saturated rings. The maximum absolute atomic E-state index is 14.7. The number of ether oxygens (including phenoxy) is 1. The average molecular weight is 508 g/mol. The molecule has 0 amide bonds. The van der Waals surface area contributed by atoms with Crippen LogP contribution in [0.25, 0.3) is 22.3 Å². The first-order chi connectivity index (χ1) is 16.3. The van der Waals surface area contributed by atoms with E-state index in [9.17, 15) is 14.6 Å². The lowest BCUT2D eigenvalue weighted by molar-refractivity contribution is -0.0481. The summed E-state index contributed by atoms with van der Waals surface area (Å²) in [7, 11) is 0. The van der Waals surface area contributed by atoms with Crippen LogP contribution in [0.3, 0.4) is 0 Å². The zero-order valence-electron chi connectivity index (χ0n) is 21.1. The standard InChI is InChI=1S/C17H19ClFN5O.C8H16O2/c1-8(2)24-12-6-9(13-10(18)7-21-16(20)23-13)5-11(19)14(12)22-15(24)17(3,4)25;1-6(2)10-8-5-3-4-7(8)9/h5-8,25H,1-4H3,(H2,20,21,23);6-9H,3-5H2,1-2H3. The Labute approximate surface area is 210 Å². The van der Waals surface area contributed by atoms with E-state index in [2.05, 4.69) is 15.0 Å². The molecule has 0 aliphatic heterocycles. The van der Waals surface area contributed by atoms with Crippen molar-refractivity contribution in [3.8, 4) is 11.3 Å². The molecule has 0 bridgehead atoms. The van der Waals surface area contributed by atoms with Crippen molar-refractivity contribution in [2.45, 2.75) is 90.8 Å². The number of nitrogen functional groups attached to an aromatic ring is 1. The fraction of sp³-hybridized carbons (Fsp3) is 0.560. The summed E-state index contributed by atoms with van der Waals surface area (Å²) in [6.07, 6.45) is 4.58. The Balaban J connectivity index is 0.000000287. The second kappa shape index (κ2) is 10.7. The fourth-order valence-corrected chi connectivity index (χ4v) is 4.44. The molecule has 0 saturated heterocycles. The molecule has 4 N–H and O–H groups in total. The van der Waals surface area contributed by atoms with Crippen LogP contribution >= 0.6 is 11.6 Å². The lowest BCUT2D eigenvalue weighted by Crippen LogP contribution is -2.25. The molecule has 1 aromatic carbocycles. The van der Waals surface area contributed by atoms with Crippen LogP contribution in [-0.4, -0.2) is 48.0 Å². The Bertz CT molecular complexity index is 1180. The van der Waals surface area contributed by atoms with Gasteiger partial charge in [-0.25, -0.2) is 19.3 Å². The van der Waals surface area contributed by atoms with Gasteiger partial charge in [0.05, 0.1) is 40.7 Å². The van der Waals surface area contributed by atoms with Crippen molar-refractivity contribution < 1.29 is 19.3 Å². The summed E-state index contributed by atoms with van der Waals surface area (Å²) in [5.41, 5.74) is 5.96. The number of fused-ring (bicyclic) bond motifs is 1. The molecule has 2 atom stereocenters. The minimum Gasteiger partial charge on any atom is -0.390 e. The van der Waals surface area contributed by atoms with Crippen LogP contribution in [0.15, 0.2) is 18.3 Å². The van der Waals surface area contributed by atoms with Gasteiger partial charge in [0, 0.05) is 11.6 Å². The first-order valence-corrected chi connectivity index (χ1v) is 12.2. The number of aliphatic hydroxyl groups excluding tert-OH is 1. The Kier molecular flexibility index (Phi) is 8.36. The normalized spacial score (nSPS) is 18.4. The van der Waals surface area contributed by atoms with E-state index in [0.717, 1.165) is 19.3 Å². The van der Waals surface area contributed by atoms with Gasteiger partial charge in [-0.05, 0) is 72.9 Å². The second-order valence-corrected chi connectivity index (χ2v) is 10.3. The van der Waals surface area contributed by atoms with Gasteiger partial charge in [0.15, 0.2) is 5.82 Å². The van der Waals surface area contributed by atoms with Gasteiger partial charge >= 0.3 is 0 Å². The monoisotopic (exact) mass is 507 g/mol. The number of anilines is 1. The third-order valence-electron chi connectivity index (χ3n) is 5.71. The molecule has 35 heavy (non-hydrogen) atoms. The highest BCUT2D eigenvalue weighted by Gasteiger charge is 2.28. The summed E-state index contributed by atoms with van der Waals surface area (Å²) in [4.78, 5) is 12.3. The SMILES string of the molecule is CC(C)OC1CCCC1O.CC(C)n1c(C(C)(C)O)nc2c(F)cc(-c3nc(N)ncc3Cl)cc21. The number of hydrogen-bond acceptors (Lipinski definition) is 7. The third-order valence-corrected chi connectivity index (χ3v) is 5.99. The molecular formula is C25H35ClFN5O3. The second-order valence-electron chi connectivity index (χ2n) is 9.93. The van der Waals surface area contributed by atoms with Crippen molar-refractivity contribution in [2.24, 2.45) is 0 Å². The van der Waals surface area contributed by atoms with Gasteiger partial charge in [-0.3, -0.25) is 0 Å². The summed E-state index contributed by atoms with van der Waals surface area (Å²) in [5, 5.41) is 20.0. The molecule has 2 aromatic heterocycles. The predicted octanol–water partition coefficient (Wildman–Crippen LogP) is 5.00. The molecule has 0 radical (unpaired) electrons. The Morgan fingerprint density at radius 3 is 2.43 bits per heavy atom. The van der Waals surface area contributed by atoms with Crippen molar-refractivity contribution in [2.75, 3.05) is 5.73 Å². The van der Waals surface area contributed by atoms with Crippen LogP contribution in [0.2, 0.25) is 5.02 Å². The number of benzene rings is 1. The molecule has 3 aromatic rings. The Morgan fingerprint density at radius 1 is 1.20 bits per heavy atom. The number of nitrogens with two attached hydrogens (primary N) is 1. The van der Waals surface area contributed by atoms with E-state index in [0.29, 0.717) is 22.6 Å². The van der Waals surface area contributed by atoms with Crippen LogP contribution in [0, 0.1) is 5.82 Å². The zero-order valence-corrected chi connectivity index (χ0v) is 21.8. The molecule has 2 heterocycles. The van der Waals surface area contributed by atoms with E-state index in [4.69, 9.17) is 22.1 Å². The molecule has 0 spiro atoms. The van der Waals surface area contributed by atoms with Crippen molar-refractivity contribution in [1.29, 1.82) is 0 Å². The number of nitrogens with zero attached hydrogens (tertiary/aromatic N) is 4. The minimum absolute atomic E-state index is 0.0352. The van der Waals surface area contributed by atoms with E-state index in [1.54, 1.807) is 24.5 Å². The number of halogens is 2. The van der Waals surface area contributed by atoms with E-state index < -0.39 is 11.4 Å². The largest absolute Gasteiger partial charge is 0.390 e. The Morgan fingerprint density at radius 2 is 1.89 bits per heavy atom. The van der Waals surface area contributed by atoms with Gasteiger partial charge in [-0.1, -0.05) is 11.6 Å². The molecular weight excluding hydrogens is 473 g/mol. The molecule has 1 saturated carbocycles.